The molecule has 0 saturated heterocycles. The maximum absolute atomic E-state index is 12.5. The van der Waals surface area contributed by atoms with Crippen molar-refractivity contribution in [3.63, 3.8) is 0 Å². The molecule has 0 radical (unpaired) electrons. The smallest absolute Gasteiger partial charge is 0.302 e. The molecule has 0 aromatic rings. The molecule has 0 aliphatic heterocycles. The molecule has 160 valence electrons. The Morgan fingerprint density at radius 3 is 2.45 bits per heavy atom. The predicted octanol–water partition coefficient (Wildman–Crippen LogP) is 2.46. The summed E-state index contributed by atoms with van der Waals surface area (Å²) >= 11 is 0. The number of carbonyl (C=O) groups is 3. The third kappa shape index (κ3) is 2.45. The zero-order valence-electron chi connectivity index (χ0n) is 17.9. The van der Waals surface area contributed by atoms with E-state index in [0.29, 0.717) is 25.7 Å². The molecule has 7 atom stereocenters. The number of nitrogens with two attached hydrogens (primary N) is 1. The number of ketones is 2. The van der Waals surface area contributed by atoms with Crippen molar-refractivity contribution >= 4 is 17.5 Å². The quantitative estimate of drug-likeness (QED) is 0.686. The minimum atomic E-state index is -1.42. The molecule has 3 N–H and O–H groups in total. The highest BCUT2D eigenvalue weighted by molar-refractivity contribution is 5.92. The maximum Gasteiger partial charge on any atom is 0.302 e. The maximum atomic E-state index is 12.5. The van der Waals surface area contributed by atoms with E-state index in [4.69, 9.17) is 10.5 Å². The van der Waals surface area contributed by atoms with Crippen molar-refractivity contribution in [1.82, 2.24) is 0 Å². The minimum absolute atomic E-state index is 0.00864. The molecule has 0 aromatic carbocycles. The van der Waals surface area contributed by atoms with Gasteiger partial charge in [-0.05, 0) is 63.4 Å². The Labute approximate surface area is 172 Å². The Morgan fingerprint density at radius 1 is 1.14 bits per heavy atom. The number of fused-ring (bicyclic) bond motifs is 5. The second-order valence-corrected chi connectivity index (χ2v) is 10.3. The topological polar surface area (TPSA) is 107 Å². The number of esters is 1. The van der Waals surface area contributed by atoms with Gasteiger partial charge in [-0.3, -0.25) is 14.4 Å². The van der Waals surface area contributed by atoms with Gasteiger partial charge in [-0.2, -0.15) is 0 Å². The Bertz CT molecular complexity index is 820. The molecule has 0 unspecified atom stereocenters. The first kappa shape index (κ1) is 20.7. The number of rotatable bonds is 2. The highest BCUT2D eigenvalue weighted by Gasteiger charge is 2.73. The number of hydrogen-bond acceptors (Lipinski definition) is 6. The molecule has 4 aliphatic rings. The van der Waals surface area contributed by atoms with Crippen LogP contribution in [0.1, 0.15) is 72.6 Å². The van der Waals surface area contributed by atoms with Gasteiger partial charge in [0.2, 0.25) is 0 Å². The molecular weight excluding hydrogens is 370 g/mol. The van der Waals surface area contributed by atoms with E-state index in [0.717, 1.165) is 24.8 Å². The van der Waals surface area contributed by atoms with Crippen LogP contribution in [0.25, 0.3) is 0 Å². The van der Waals surface area contributed by atoms with E-state index in [1.165, 1.54) is 13.8 Å². The van der Waals surface area contributed by atoms with Gasteiger partial charge < -0.3 is 15.6 Å². The molecule has 0 heterocycles. The van der Waals surface area contributed by atoms with Gasteiger partial charge in [-0.1, -0.05) is 19.4 Å². The zero-order valence-corrected chi connectivity index (χ0v) is 17.9. The van der Waals surface area contributed by atoms with Crippen LogP contribution in [0.2, 0.25) is 0 Å². The lowest BCUT2D eigenvalue weighted by Crippen LogP contribution is -2.76. The van der Waals surface area contributed by atoms with E-state index in [-0.39, 0.29) is 23.4 Å². The second kappa shape index (κ2) is 6.24. The molecule has 0 bridgehead atoms. The first-order valence-corrected chi connectivity index (χ1v) is 10.8. The van der Waals surface area contributed by atoms with Gasteiger partial charge in [0.25, 0.3) is 0 Å². The average molecular weight is 404 g/mol. The molecule has 3 saturated carbocycles. The van der Waals surface area contributed by atoms with Crippen molar-refractivity contribution in [2.24, 2.45) is 28.4 Å². The Morgan fingerprint density at radius 2 is 1.83 bits per heavy atom. The van der Waals surface area contributed by atoms with Gasteiger partial charge in [0.15, 0.2) is 11.6 Å². The summed E-state index contributed by atoms with van der Waals surface area (Å²) in [6, 6.07) is 0. The summed E-state index contributed by atoms with van der Waals surface area (Å²) in [5, 5.41) is 11.4. The second-order valence-electron chi connectivity index (χ2n) is 10.3. The molecular formula is C23H33NO5. The van der Waals surface area contributed by atoms with E-state index in [1.807, 2.05) is 6.92 Å². The third-order valence-corrected chi connectivity index (χ3v) is 9.31. The number of aliphatic hydroxyl groups is 1. The van der Waals surface area contributed by atoms with E-state index in [1.54, 1.807) is 6.08 Å². The Balaban J connectivity index is 1.87. The van der Waals surface area contributed by atoms with Crippen LogP contribution >= 0.6 is 0 Å². The summed E-state index contributed by atoms with van der Waals surface area (Å²) in [6.07, 6.45) is 5.29. The van der Waals surface area contributed by atoms with Crippen LogP contribution in [0, 0.1) is 22.7 Å². The molecule has 4 aliphatic carbocycles. The number of Topliss-reactive ketones (excluding diaryl/α,β-unsaturated/α-hetero) is 1. The van der Waals surface area contributed by atoms with E-state index < -0.39 is 34.0 Å². The van der Waals surface area contributed by atoms with Crippen molar-refractivity contribution in [1.29, 1.82) is 0 Å². The van der Waals surface area contributed by atoms with Gasteiger partial charge >= 0.3 is 5.97 Å². The first-order valence-electron chi connectivity index (χ1n) is 10.8. The summed E-state index contributed by atoms with van der Waals surface area (Å²) in [5.41, 5.74) is 4.97. The van der Waals surface area contributed by atoms with Crippen molar-refractivity contribution in [3.8, 4) is 0 Å². The lowest BCUT2D eigenvalue weighted by molar-refractivity contribution is -0.200. The Hall–Kier alpha value is -1.53. The standard InChI is InChI=1S/C23H33NO5/c1-13(25)22(28)10-8-17-18-6-5-15-11-16(27)7-9-20(15,3)23(18,24)19(29-14(2)26)12-21(17,22)4/h11,17-19,28H,5-10,12,24H2,1-4H3/t17-,18-,19-,20-,21-,22-,23-/m0/s1. The average Bonchev–Trinajstić information content (AvgIpc) is 2.89. The fraction of sp³-hybridized carbons (Fsp3) is 0.783. The monoisotopic (exact) mass is 403 g/mol. The molecule has 6 heteroatoms. The predicted molar refractivity (Wildman–Crippen MR) is 107 cm³/mol. The summed E-state index contributed by atoms with van der Waals surface area (Å²) in [6.45, 7) is 6.92. The minimum Gasteiger partial charge on any atom is -0.461 e. The van der Waals surface area contributed by atoms with E-state index >= 15 is 0 Å². The summed E-state index contributed by atoms with van der Waals surface area (Å²) < 4.78 is 5.85. The van der Waals surface area contributed by atoms with Crippen LogP contribution in [-0.4, -0.2) is 39.9 Å². The Kier molecular flexibility index (Phi) is 4.46. The van der Waals surface area contributed by atoms with Gasteiger partial charge in [0.05, 0.1) is 5.54 Å². The highest BCUT2D eigenvalue weighted by atomic mass is 16.5. The molecule has 0 amide bonds. The van der Waals surface area contributed by atoms with Gasteiger partial charge in [-0.15, -0.1) is 0 Å². The highest BCUT2D eigenvalue weighted by Crippen LogP contribution is 2.68. The summed E-state index contributed by atoms with van der Waals surface area (Å²) in [5.74, 6) is -0.411. The van der Waals surface area contributed by atoms with Crippen LogP contribution in [0.3, 0.4) is 0 Å². The lowest BCUT2D eigenvalue weighted by Gasteiger charge is -2.66. The molecule has 0 spiro atoms. The number of carbonyl (C=O) groups excluding carboxylic acids is 3. The third-order valence-electron chi connectivity index (χ3n) is 9.31. The number of hydrogen-bond donors (Lipinski definition) is 2. The van der Waals surface area contributed by atoms with Crippen molar-refractivity contribution in [3.05, 3.63) is 11.6 Å². The van der Waals surface area contributed by atoms with Crippen molar-refractivity contribution in [2.75, 3.05) is 0 Å². The van der Waals surface area contributed by atoms with Gasteiger partial charge in [0, 0.05) is 24.2 Å². The normalized spacial score (nSPS) is 48.8. The fourth-order valence-corrected chi connectivity index (χ4v) is 7.60. The van der Waals surface area contributed by atoms with Crippen molar-refractivity contribution in [2.45, 2.75) is 89.9 Å². The van der Waals surface area contributed by atoms with E-state index in [2.05, 4.69) is 6.92 Å². The zero-order chi connectivity index (χ0) is 21.4. The van der Waals surface area contributed by atoms with Crippen LogP contribution < -0.4 is 5.73 Å². The van der Waals surface area contributed by atoms with Crippen LogP contribution in [0.15, 0.2) is 11.6 Å². The molecule has 6 nitrogen and oxygen atoms in total. The molecule has 29 heavy (non-hydrogen) atoms. The van der Waals surface area contributed by atoms with Crippen LogP contribution in [0.4, 0.5) is 0 Å². The first-order chi connectivity index (χ1) is 13.4. The van der Waals surface area contributed by atoms with Crippen molar-refractivity contribution < 1.29 is 24.2 Å². The van der Waals surface area contributed by atoms with Crippen LogP contribution in [0.5, 0.6) is 0 Å². The largest absolute Gasteiger partial charge is 0.461 e. The van der Waals surface area contributed by atoms with Gasteiger partial charge in [0.1, 0.15) is 11.7 Å². The SMILES string of the molecule is CC(=O)O[C@H]1C[C@@]2(C)[C@@H](CC[C@]2(O)C(C)=O)[C@@H]2CCC3=CC(=O)CC[C@]3(C)[C@@]12N. The van der Waals surface area contributed by atoms with Crippen LogP contribution in [-0.2, 0) is 19.1 Å². The lowest BCUT2D eigenvalue weighted by atomic mass is 9.42. The summed E-state index contributed by atoms with van der Waals surface area (Å²) in [7, 11) is 0. The fourth-order valence-electron chi connectivity index (χ4n) is 7.60. The van der Waals surface area contributed by atoms with Gasteiger partial charge in [-0.25, -0.2) is 0 Å². The molecule has 3 fully saturated rings. The molecule has 0 aromatic heterocycles. The van der Waals surface area contributed by atoms with E-state index in [9.17, 15) is 19.5 Å². The summed E-state index contributed by atoms with van der Waals surface area (Å²) in [4.78, 5) is 36.7. The molecule has 4 rings (SSSR count). The number of ether oxygens (including phenoxy) is 1.